The Morgan fingerprint density at radius 2 is 1.89 bits per heavy atom. The van der Waals surface area contributed by atoms with E-state index in [4.69, 9.17) is 0 Å². The first-order valence-electron chi connectivity index (χ1n) is 6.52. The quantitative estimate of drug-likeness (QED) is 0.790. The zero-order chi connectivity index (χ0) is 14.6. The van der Waals surface area contributed by atoms with Gasteiger partial charge in [-0.3, -0.25) is 9.69 Å². The lowest BCUT2D eigenvalue weighted by atomic mass is 9.83. The Hall–Kier alpha value is -0.740. The van der Waals surface area contributed by atoms with Crippen molar-refractivity contribution in [2.75, 3.05) is 14.1 Å². The molecule has 0 aliphatic rings. The van der Waals surface area contributed by atoms with Crippen molar-refractivity contribution in [2.45, 2.75) is 38.6 Å². The van der Waals surface area contributed by atoms with Crippen LogP contribution in [0, 0.1) is 5.82 Å². The van der Waals surface area contributed by atoms with Gasteiger partial charge in [-0.05, 0) is 44.6 Å². The van der Waals surface area contributed by atoms with Gasteiger partial charge in [0.1, 0.15) is 5.82 Å². The standard InChI is InChI=1S/C15H21BrFNO/c1-5-15(6-2,18(3)4)14(19)9-11-7-8-12(16)10-13(11)17/h7-8,10H,5-6,9H2,1-4H3. The van der Waals surface area contributed by atoms with Crippen LogP contribution in [-0.4, -0.2) is 30.3 Å². The highest BCUT2D eigenvalue weighted by molar-refractivity contribution is 9.10. The summed E-state index contributed by atoms with van der Waals surface area (Å²) in [4.78, 5) is 14.5. The zero-order valence-corrected chi connectivity index (χ0v) is 13.6. The molecule has 1 aromatic carbocycles. The van der Waals surface area contributed by atoms with Crippen LogP contribution in [0.1, 0.15) is 32.3 Å². The highest BCUT2D eigenvalue weighted by atomic mass is 79.9. The molecule has 0 fully saturated rings. The summed E-state index contributed by atoms with van der Waals surface area (Å²) < 4.78 is 14.5. The average molecular weight is 330 g/mol. The van der Waals surface area contributed by atoms with E-state index in [9.17, 15) is 9.18 Å². The number of nitrogens with zero attached hydrogens (tertiary/aromatic N) is 1. The van der Waals surface area contributed by atoms with Gasteiger partial charge in [-0.15, -0.1) is 0 Å². The second kappa shape index (κ2) is 6.62. The smallest absolute Gasteiger partial charge is 0.157 e. The van der Waals surface area contributed by atoms with Crippen LogP contribution in [0.5, 0.6) is 0 Å². The van der Waals surface area contributed by atoms with Gasteiger partial charge in [0.25, 0.3) is 0 Å². The minimum absolute atomic E-state index is 0.0729. The summed E-state index contributed by atoms with van der Waals surface area (Å²) in [6, 6.07) is 4.84. The topological polar surface area (TPSA) is 20.3 Å². The highest BCUT2D eigenvalue weighted by Crippen LogP contribution is 2.25. The van der Waals surface area contributed by atoms with Gasteiger partial charge in [-0.2, -0.15) is 0 Å². The van der Waals surface area contributed by atoms with Gasteiger partial charge >= 0.3 is 0 Å². The number of carbonyl (C=O) groups excluding carboxylic acids is 1. The number of carbonyl (C=O) groups is 1. The molecule has 0 unspecified atom stereocenters. The normalized spacial score (nSPS) is 11.9. The van der Waals surface area contributed by atoms with Crippen LogP contribution in [0.2, 0.25) is 0 Å². The van der Waals surface area contributed by atoms with Gasteiger partial charge in [0.2, 0.25) is 0 Å². The van der Waals surface area contributed by atoms with Crippen LogP contribution in [0.25, 0.3) is 0 Å². The second-order valence-electron chi connectivity index (χ2n) is 4.97. The summed E-state index contributed by atoms with van der Waals surface area (Å²) in [5.41, 5.74) is -0.0409. The first kappa shape index (κ1) is 16.3. The number of likely N-dealkylation sites (N-methyl/N-ethyl adjacent to an activating group) is 1. The number of benzene rings is 1. The molecule has 0 radical (unpaired) electrons. The van der Waals surface area contributed by atoms with Crippen LogP contribution in [0.15, 0.2) is 22.7 Å². The molecule has 0 atom stereocenters. The summed E-state index contributed by atoms with van der Waals surface area (Å²) in [6.07, 6.45) is 1.60. The average Bonchev–Trinajstić information content (AvgIpc) is 2.34. The Morgan fingerprint density at radius 1 is 1.32 bits per heavy atom. The molecule has 1 rings (SSSR count). The maximum absolute atomic E-state index is 13.8. The molecule has 0 aromatic heterocycles. The summed E-state index contributed by atoms with van der Waals surface area (Å²) in [6.45, 7) is 4.00. The van der Waals surface area contributed by atoms with Crippen LogP contribution >= 0.6 is 15.9 Å². The maximum atomic E-state index is 13.8. The number of Topliss-reactive ketones (excluding diaryl/α,β-unsaturated/α-hetero) is 1. The minimum atomic E-state index is -0.500. The van der Waals surface area contributed by atoms with E-state index in [0.717, 1.165) is 12.8 Å². The van der Waals surface area contributed by atoms with Crippen molar-refractivity contribution in [2.24, 2.45) is 0 Å². The molecule has 0 bridgehead atoms. The van der Waals surface area contributed by atoms with E-state index < -0.39 is 5.54 Å². The van der Waals surface area contributed by atoms with Gasteiger partial charge in [0.15, 0.2) is 5.78 Å². The fraction of sp³-hybridized carbons (Fsp3) is 0.533. The number of ketones is 1. The number of rotatable bonds is 6. The number of hydrogen-bond acceptors (Lipinski definition) is 2. The maximum Gasteiger partial charge on any atom is 0.157 e. The summed E-state index contributed by atoms with van der Waals surface area (Å²) in [5, 5.41) is 0. The van der Waals surface area contributed by atoms with Crippen molar-refractivity contribution >= 4 is 21.7 Å². The van der Waals surface area contributed by atoms with Gasteiger partial charge < -0.3 is 0 Å². The lowest BCUT2D eigenvalue weighted by Gasteiger charge is -2.37. The Kier molecular flexibility index (Phi) is 5.68. The predicted molar refractivity (Wildman–Crippen MR) is 79.8 cm³/mol. The molecule has 1 aromatic rings. The molecule has 0 aliphatic heterocycles. The van der Waals surface area contributed by atoms with E-state index in [0.29, 0.717) is 10.0 Å². The third kappa shape index (κ3) is 3.42. The predicted octanol–water partition coefficient (Wildman–Crippen LogP) is 3.82. The first-order valence-corrected chi connectivity index (χ1v) is 7.31. The van der Waals surface area contributed by atoms with E-state index in [1.807, 2.05) is 32.8 Å². The molecule has 0 amide bonds. The second-order valence-corrected chi connectivity index (χ2v) is 5.88. The Morgan fingerprint density at radius 3 is 2.32 bits per heavy atom. The van der Waals surface area contributed by atoms with Gasteiger partial charge in [-0.25, -0.2) is 4.39 Å². The Labute approximate surface area is 123 Å². The van der Waals surface area contributed by atoms with Crippen LogP contribution < -0.4 is 0 Å². The van der Waals surface area contributed by atoms with Crippen LogP contribution in [-0.2, 0) is 11.2 Å². The van der Waals surface area contributed by atoms with Crippen LogP contribution in [0.3, 0.4) is 0 Å². The summed E-state index contributed by atoms with van der Waals surface area (Å²) >= 11 is 3.22. The molecule has 4 heteroatoms. The van der Waals surface area contributed by atoms with E-state index in [2.05, 4.69) is 15.9 Å². The van der Waals surface area contributed by atoms with Crippen molar-refractivity contribution in [1.29, 1.82) is 0 Å². The molecule has 0 spiro atoms. The van der Waals surface area contributed by atoms with E-state index in [1.54, 1.807) is 12.1 Å². The molecular formula is C15H21BrFNO. The monoisotopic (exact) mass is 329 g/mol. The van der Waals surface area contributed by atoms with E-state index >= 15 is 0 Å². The summed E-state index contributed by atoms with van der Waals surface area (Å²) in [5.74, 6) is -0.258. The summed E-state index contributed by atoms with van der Waals surface area (Å²) in [7, 11) is 3.81. The van der Waals surface area contributed by atoms with Crippen LogP contribution in [0.4, 0.5) is 4.39 Å². The molecule has 0 heterocycles. The Balaban J connectivity index is 3.00. The molecule has 106 valence electrons. The van der Waals surface area contributed by atoms with E-state index in [1.165, 1.54) is 6.07 Å². The SMILES string of the molecule is CCC(CC)(C(=O)Cc1ccc(Br)cc1F)N(C)C. The van der Waals surface area contributed by atoms with Crippen molar-refractivity contribution in [3.05, 3.63) is 34.1 Å². The fourth-order valence-electron chi connectivity index (χ4n) is 2.53. The number of hydrogen-bond donors (Lipinski definition) is 0. The molecular weight excluding hydrogens is 309 g/mol. The highest BCUT2D eigenvalue weighted by Gasteiger charge is 2.36. The van der Waals surface area contributed by atoms with Gasteiger partial charge in [0, 0.05) is 10.9 Å². The fourth-order valence-corrected chi connectivity index (χ4v) is 2.86. The third-order valence-electron chi connectivity index (χ3n) is 3.91. The number of halogens is 2. The van der Waals surface area contributed by atoms with Crippen molar-refractivity contribution in [3.8, 4) is 0 Å². The minimum Gasteiger partial charge on any atom is -0.297 e. The van der Waals surface area contributed by atoms with Crippen molar-refractivity contribution in [3.63, 3.8) is 0 Å². The molecule has 2 nitrogen and oxygen atoms in total. The molecule has 0 aliphatic carbocycles. The van der Waals surface area contributed by atoms with Gasteiger partial charge in [-0.1, -0.05) is 35.8 Å². The molecule has 19 heavy (non-hydrogen) atoms. The zero-order valence-electron chi connectivity index (χ0n) is 12.0. The van der Waals surface area contributed by atoms with Gasteiger partial charge in [0.05, 0.1) is 5.54 Å². The Bertz CT molecular complexity index is 455. The van der Waals surface area contributed by atoms with Crippen molar-refractivity contribution in [1.82, 2.24) is 4.90 Å². The van der Waals surface area contributed by atoms with Crippen molar-refractivity contribution < 1.29 is 9.18 Å². The lowest BCUT2D eigenvalue weighted by molar-refractivity contribution is -0.129. The lowest BCUT2D eigenvalue weighted by Crippen LogP contribution is -2.51. The van der Waals surface area contributed by atoms with E-state index in [-0.39, 0.29) is 18.0 Å². The third-order valence-corrected chi connectivity index (χ3v) is 4.40. The molecule has 0 N–H and O–H groups in total. The molecule has 0 saturated heterocycles. The molecule has 0 saturated carbocycles. The largest absolute Gasteiger partial charge is 0.297 e. The first-order chi connectivity index (χ1) is 8.87.